The molecule has 3 heterocycles. The number of amides is 2. The fourth-order valence-corrected chi connectivity index (χ4v) is 6.13. The zero-order chi connectivity index (χ0) is 28.4. The van der Waals surface area contributed by atoms with Crippen molar-refractivity contribution in [3.05, 3.63) is 83.1 Å². The van der Waals surface area contributed by atoms with Gasteiger partial charge in [-0.1, -0.05) is 30.3 Å². The summed E-state index contributed by atoms with van der Waals surface area (Å²) in [4.78, 5) is 27.1. The van der Waals surface area contributed by atoms with Crippen LogP contribution in [0.3, 0.4) is 0 Å². The highest BCUT2D eigenvalue weighted by atomic mass is 32.2. The highest BCUT2D eigenvalue weighted by Gasteiger charge is 2.35. The van der Waals surface area contributed by atoms with Crippen molar-refractivity contribution in [3.8, 4) is 23.0 Å². The van der Waals surface area contributed by atoms with Gasteiger partial charge in [0.25, 0.3) is 11.8 Å². The van der Waals surface area contributed by atoms with Gasteiger partial charge in [0.15, 0.2) is 0 Å². The second-order valence-electron chi connectivity index (χ2n) is 9.28. The number of carbonyl (C=O) groups is 2. The third-order valence-corrected chi connectivity index (χ3v) is 8.85. The molecule has 204 valence electrons. The molecule has 2 aliphatic rings. The molecule has 0 aliphatic carbocycles. The smallest absolute Gasteiger partial charge is 0.271 e. The third-order valence-electron chi connectivity index (χ3n) is 6.94. The molecule has 1 aromatic heterocycles. The van der Waals surface area contributed by atoms with Crippen LogP contribution < -0.4 is 0 Å². The van der Waals surface area contributed by atoms with Crippen LogP contribution in [0, 0.1) is 11.3 Å². The number of nitrogens with zero attached hydrogens (tertiary/aromatic N) is 5. The van der Waals surface area contributed by atoms with E-state index in [4.69, 9.17) is 9.84 Å². The van der Waals surface area contributed by atoms with Crippen molar-refractivity contribution >= 4 is 27.9 Å². The maximum atomic E-state index is 13.3. The van der Waals surface area contributed by atoms with Crippen LogP contribution in [0.4, 0.5) is 0 Å². The predicted octanol–water partition coefficient (Wildman–Crippen LogP) is 3.17. The van der Waals surface area contributed by atoms with Crippen molar-refractivity contribution in [2.75, 3.05) is 32.8 Å². The molecule has 0 bridgehead atoms. The highest BCUT2D eigenvalue weighted by molar-refractivity contribution is 7.89. The maximum Gasteiger partial charge on any atom is 0.271 e. The molecule has 10 nitrogen and oxygen atoms in total. The van der Waals surface area contributed by atoms with Crippen molar-refractivity contribution in [2.45, 2.75) is 18.7 Å². The first-order valence-corrected chi connectivity index (χ1v) is 14.2. The van der Waals surface area contributed by atoms with Gasteiger partial charge in [-0.15, -0.1) is 0 Å². The minimum atomic E-state index is -3.67. The third kappa shape index (κ3) is 4.88. The van der Waals surface area contributed by atoms with E-state index >= 15 is 0 Å². The molecule has 1 fully saturated rings. The number of morpholine rings is 1. The lowest BCUT2D eigenvalue weighted by Crippen LogP contribution is -2.42. The molecule has 40 heavy (non-hydrogen) atoms. The monoisotopic (exact) mass is 557 g/mol. The lowest BCUT2D eigenvalue weighted by Gasteiger charge is -2.26. The minimum Gasteiger partial charge on any atom is -0.379 e. The molecule has 0 saturated carbocycles. The van der Waals surface area contributed by atoms with Gasteiger partial charge in [-0.2, -0.15) is 14.7 Å². The largest absolute Gasteiger partial charge is 0.379 e. The van der Waals surface area contributed by atoms with Crippen molar-refractivity contribution in [2.24, 2.45) is 0 Å². The second-order valence-corrected chi connectivity index (χ2v) is 11.2. The summed E-state index contributed by atoms with van der Waals surface area (Å²) in [5, 5.41) is 14.4. The number of para-hydroxylation sites is 1. The summed E-state index contributed by atoms with van der Waals surface area (Å²) in [6, 6.07) is 17.8. The molecule has 11 heteroatoms. The Labute approximate surface area is 232 Å². The molecule has 2 aliphatic heterocycles. The number of ether oxygens (including phenoxy) is 1. The van der Waals surface area contributed by atoms with Gasteiger partial charge in [-0.3, -0.25) is 14.5 Å². The maximum absolute atomic E-state index is 13.3. The number of aromatic nitrogens is 2. The fourth-order valence-electron chi connectivity index (χ4n) is 4.72. The molecule has 0 spiro atoms. The normalized spacial score (nSPS) is 17.9. The molecular weight excluding hydrogens is 530 g/mol. The Hall–Kier alpha value is -4.37. The van der Waals surface area contributed by atoms with Crippen LogP contribution in [-0.4, -0.2) is 72.1 Å². The number of rotatable bonds is 6. The Morgan fingerprint density at radius 1 is 1.02 bits per heavy atom. The Kier molecular flexibility index (Phi) is 7.49. The molecular formula is C29H27N5O5S. The van der Waals surface area contributed by atoms with Crippen LogP contribution in [0.15, 0.2) is 82.4 Å². The number of hydrogen-bond donors (Lipinski definition) is 0. The minimum absolute atomic E-state index is 0.0811. The molecule has 0 unspecified atom stereocenters. The average Bonchev–Trinajstić information content (AvgIpc) is 3.41. The van der Waals surface area contributed by atoms with E-state index in [1.807, 2.05) is 36.4 Å². The van der Waals surface area contributed by atoms with Gasteiger partial charge in [0.2, 0.25) is 10.0 Å². The van der Waals surface area contributed by atoms with Gasteiger partial charge in [0, 0.05) is 42.5 Å². The Bertz CT molecular complexity index is 1680. The van der Waals surface area contributed by atoms with Crippen molar-refractivity contribution < 1.29 is 22.7 Å². The predicted molar refractivity (Wildman–Crippen MR) is 147 cm³/mol. The first-order chi connectivity index (χ1) is 19.3. The SMILES string of the molecule is CCN1C(=O)C(C#N)=C(C)/C(=C\c2cn(-c3ccccc3)nc2-c2ccc(S(=O)(=O)N3CCOCC3)cc2)C1=O. The summed E-state index contributed by atoms with van der Waals surface area (Å²) < 4.78 is 34.6. The van der Waals surface area contributed by atoms with Gasteiger partial charge in [-0.25, -0.2) is 13.1 Å². The number of likely N-dealkylation sites (N-methyl/N-ethyl adjacent to an activating group) is 1. The molecule has 0 N–H and O–H groups in total. The molecule has 2 aromatic carbocycles. The number of carbonyl (C=O) groups excluding carboxylic acids is 2. The van der Waals surface area contributed by atoms with E-state index in [0.29, 0.717) is 48.7 Å². The van der Waals surface area contributed by atoms with Crippen molar-refractivity contribution in [1.29, 1.82) is 5.26 Å². The van der Waals surface area contributed by atoms with E-state index in [1.165, 1.54) is 4.31 Å². The number of benzene rings is 2. The molecule has 1 saturated heterocycles. The quantitative estimate of drug-likeness (QED) is 0.337. The summed E-state index contributed by atoms with van der Waals surface area (Å²) in [6.07, 6.45) is 3.39. The molecule has 3 aromatic rings. The van der Waals surface area contributed by atoms with Gasteiger partial charge in [-0.05, 0) is 49.8 Å². The van der Waals surface area contributed by atoms with Gasteiger partial charge in [0.1, 0.15) is 11.6 Å². The topological polar surface area (TPSA) is 126 Å². The molecule has 0 atom stereocenters. The summed E-state index contributed by atoms with van der Waals surface area (Å²) in [5.41, 5.74) is 2.93. The van der Waals surface area contributed by atoms with Gasteiger partial charge in [0.05, 0.1) is 29.5 Å². The first kappa shape index (κ1) is 27.2. The number of sulfonamides is 1. The van der Waals surface area contributed by atoms with Crippen LogP contribution in [0.25, 0.3) is 23.0 Å². The Morgan fingerprint density at radius 3 is 2.33 bits per heavy atom. The summed E-state index contributed by atoms with van der Waals surface area (Å²) >= 11 is 0. The van der Waals surface area contributed by atoms with Crippen LogP contribution in [0.2, 0.25) is 0 Å². The van der Waals surface area contributed by atoms with Crippen LogP contribution in [-0.2, 0) is 24.3 Å². The van der Waals surface area contributed by atoms with Crippen LogP contribution >= 0.6 is 0 Å². The average molecular weight is 558 g/mol. The lowest BCUT2D eigenvalue weighted by atomic mass is 9.93. The number of hydrogen-bond acceptors (Lipinski definition) is 7. The standard InChI is InChI=1S/C29H27N5O5S/c1-3-33-28(35)25(20(2)26(18-30)29(33)36)17-22-19-34(23-7-5-4-6-8-23)31-27(22)21-9-11-24(12-10-21)40(37,38)32-13-15-39-16-14-32/h4-12,17,19H,3,13-16H2,1-2H3/b25-17+. The van der Waals surface area contributed by atoms with E-state index in [2.05, 4.69) is 0 Å². The summed E-state index contributed by atoms with van der Waals surface area (Å²) in [5.74, 6) is -1.10. The second kappa shape index (κ2) is 11.0. The number of imide groups is 1. The lowest BCUT2D eigenvalue weighted by molar-refractivity contribution is -0.140. The summed E-state index contributed by atoms with van der Waals surface area (Å²) in [7, 11) is -3.67. The van der Waals surface area contributed by atoms with E-state index < -0.39 is 21.8 Å². The molecule has 0 radical (unpaired) electrons. The molecule has 2 amide bonds. The van der Waals surface area contributed by atoms with E-state index in [-0.39, 0.29) is 22.6 Å². The van der Waals surface area contributed by atoms with Gasteiger partial charge >= 0.3 is 0 Å². The van der Waals surface area contributed by atoms with Crippen LogP contribution in [0.1, 0.15) is 19.4 Å². The van der Waals surface area contributed by atoms with Crippen LogP contribution in [0.5, 0.6) is 0 Å². The Morgan fingerprint density at radius 2 is 1.70 bits per heavy atom. The Balaban J connectivity index is 1.62. The fraction of sp³-hybridized carbons (Fsp3) is 0.241. The van der Waals surface area contributed by atoms with Gasteiger partial charge < -0.3 is 4.74 Å². The zero-order valence-corrected chi connectivity index (χ0v) is 22.9. The highest BCUT2D eigenvalue weighted by Crippen LogP contribution is 2.32. The summed E-state index contributed by atoms with van der Waals surface area (Å²) in [6.45, 7) is 4.69. The zero-order valence-electron chi connectivity index (χ0n) is 22.1. The van der Waals surface area contributed by atoms with E-state index in [1.54, 1.807) is 55.1 Å². The number of nitriles is 1. The van der Waals surface area contributed by atoms with Crippen molar-refractivity contribution in [1.82, 2.24) is 19.0 Å². The van der Waals surface area contributed by atoms with E-state index in [0.717, 1.165) is 10.6 Å². The molecule has 5 rings (SSSR count). The van der Waals surface area contributed by atoms with Crippen molar-refractivity contribution in [3.63, 3.8) is 0 Å². The van der Waals surface area contributed by atoms with E-state index in [9.17, 15) is 23.3 Å². The first-order valence-electron chi connectivity index (χ1n) is 12.8.